The maximum absolute atomic E-state index is 12.1. The molecule has 1 aliphatic heterocycles. The van der Waals surface area contributed by atoms with Crippen LogP contribution in [-0.2, 0) is 4.79 Å². The third-order valence-electron chi connectivity index (χ3n) is 2.81. The number of carbonyl (C=O) groups is 1. The number of hydrogen-bond donors (Lipinski definition) is 0. The highest BCUT2D eigenvalue weighted by Crippen LogP contribution is 2.24. The molecule has 1 fully saturated rings. The summed E-state index contributed by atoms with van der Waals surface area (Å²) >= 11 is 5.90. The molecule has 1 rings (SSSR count). The molecule has 0 N–H and O–H groups in total. The lowest BCUT2D eigenvalue weighted by atomic mass is 9.90. The third kappa shape index (κ3) is 4.02. The zero-order valence-corrected chi connectivity index (χ0v) is 10.8. The Morgan fingerprint density at radius 3 is 2.60 bits per heavy atom. The van der Waals surface area contributed by atoms with Crippen molar-refractivity contribution in [3.8, 4) is 0 Å². The van der Waals surface area contributed by atoms with E-state index >= 15 is 0 Å². The van der Waals surface area contributed by atoms with Crippen LogP contribution in [-0.4, -0.2) is 29.3 Å². The molecule has 0 radical (unpaired) electrons. The minimum Gasteiger partial charge on any atom is -0.339 e. The molecule has 3 heteroatoms. The first-order chi connectivity index (χ1) is 6.94. The first-order valence-corrected chi connectivity index (χ1v) is 6.33. The molecule has 1 amide bonds. The fourth-order valence-corrected chi connectivity index (χ4v) is 2.37. The van der Waals surface area contributed by atoms with Gasteiger partial charge < -0.3 is 4.90 Å². The summed E-state index contributed by atoms with van der Waals surface area (Å²) in [5.74, 6) is 0.850. The monoisotopic (exact) mass is 231 g/mol. The molecule has 0 bridgehead atoms. The number of amides is 1. The van der Waals surface area contributed by atoms with Gasteiger partial charge in [-0.05, 0) is 24.7 Å². The SMILES string of the molecule is CC(C)(C)CC(=O)N1CCCCC1CCl. The first kappa shape index (κ1) is 12.8. The molecule has 0 aromatic rings. The van der Waals surface area contributed by atoms with Gasteiger partial charge in [-0.15, -0.1) is 11.6 Å². The number of nitrogens with zero attached hydrogens (tertiary/aromatic N) is 1. The molecule has 2 nitrogen and oxygen atoms in total. The molecular weight excluding hydrogens is 210 g/mol. The van der Waals surface area contributed by atoms with Crippen LogP contribution in [0, 0.1) is 5.41 Å². The van der Waals surface area contributed by atoms with E-state index in [2.05, 4.69) is 20.8 Å². The molecule has 1 unspecified atom stereocenters. The van der Waals surface area contributed by atoms with Crippen LogP contribution in [0.4, 0.5) is 0 Å². The molecule has 0 aliphatic carbocycles. The molecular formula is C12H22ClNO. The van der Waals surface area contributed by atoms with Crippen molar-refractivity contribution < 1.29 is 4.79 Å². The summed E-state index contributed by atoms with van der Waals surface area (Å²) in [6.45, 7) is 7.20. The fourth-order valence-electron chi connectivity index (χ4n) is 2.04. The van der Waals surface area contributed by atoms with Crippen LogP contribution in [0.2, 0.25) is 0 Å². The molecule has 1 heterocycles. The molecule has 1 atom stereocenters. The molecule has 1 aliphatic rings. The fraction of sp³-hybridized carbons (Fsp3) is 0.917. The highest BCUT2D eigenvalue weighted by Gasteiger charge is 2.28. The number of halogens is 1. The van der Waals surface area contributed by atoms with Gasteiger partial charge in [0.2, 0.25) is 5.91 Å². The number of alkyl halides is 1. The van der Waals surface area contributed by atoms with Crippen molar-refractivity contribution in [3.05, 3.63) is 0 Å². The van der Waals surface area contributed by atoms with Crippen LogP contribution >= 0.6 is 11.6 Å². The topological polar surface area (TPSA) is 20.3 Å². The van der Waals surface area contributed by atoms with E-state index < -0.39 is 0 Å². The predicted molar refractivity (Wildman–Crippen MR) is 64.1 cm³/mol. The third-order valence-corrected chi connectivity index (χ3v) is 3.16. The van der Waals surface area contributed by atoms with Gasteiger partial charge in [0.1, 0.15) is 0 Å². The van der Waals surface area contributed by atoms with E-state index in [-0.39, 0.29) is 17.4 Å². The summed E-state index contributed by atoms with van der Waals surface area (Å²) in [7, 11) is 0. The van der Waals surface area contributed by atoms with Gasteiger partial charge in [0.05, 0.1) is 0 Å². The molecule has 0 aromatic carbocycles. The summed E-state index contributed by atoms with van der Waals surface area (Å²) in [5.41, 5.74) is 0.0748. The number of rotatable bonds is 2. The van der Waals surface area contributed by atoms with Gasteiger partial charge in [-0.1, -0.05) is 20.8 Å². The summed E-state index contributed by atoms with van der Waals surface area (Å²) in [6, 6.07) is 0.273. The van der Waals surface area contributed by atoms with Crippen molar-refractivity contribution in [1.29, 1.82) is 0 Å². The quantitative estimate of drug-likeness (QED) is 0.669. The van der Waals surface area contributed by atoms with Gasteiger partial charge in [-0.25, -0.2) is 0 Å². The van der Waals surface area contributed by atoms with E-state index in [1.54, 1.807) is 0 Å². The number of likely N-dealkylation sites (tertiary alicyclic amines) is 1. The van der Waals surface area contributed by atoms with E-state index in [9.17, 15) is 4.79 Å². The second-order valence-electron chi connectivity index (χ2n) is 5.63. The number of hydrogen-bond acceptors (Lipinski definition) is 1. The molecule has 0 aromatic heterocycles. The van der Waals surface area contributed by atoms with Crippen LogP contribution < -0.4 is 0 Å². The summed E-state index contributed by atoms with van der Waals surface area (Å²) in [5, 5.41) is 0. The number of carbonyl (C=O) groups excluding carboxylic acids is 1. The molecule has 1 saturated heterocycles. The highest BCUT2D eigenvalue weighted by molar-refractivity contribution is 6.18. The van der Waals surface area contributed by atoms with Gasteiger partial charge in [0.15, 0.2) is 0 Å². The molecule has 15 heavy (non-hydrogen) atoms. The van der Waals surface area contributed by atoms with Crippen molar-refractivity contribution in [2.24, 2.45) is 5.41 Å². The van der Waals surface area contributed by atoms with Gasteiger partial charge in [-0.2, -0.15) is 0 Å². The Labute approximate surface area is 98.0 Å². The van der Waals surface area contributed by atoms with Crippen LogP contribution in [0.15, 0.2) is 0 Å². The number of piperidine rings is 1. The van der Waals surface area contributed by atoms with Crippen molar-refractivity contribution in [2.45, 2.75) is 52.5 Å². The zero-order valence-electron chi connectivity index (χ0n) is 10.1. The van der Waals surface area contributed by atoms with Crippen LogP contribution in [0.3, 0.4) is 0 Å². The molecule has 0 saturated carbocycles. The molecule has 88 valence electrons. The predicted octanol–water partition coefficient (Wildman–Crippen LogP) is 3.04. The van der Waals surface area contributed by atoms with Crippen LogP contribution in [0.1, 0.15) is 46.5 Å². The van der Waals surface area contributed by atoms with E-state index in [1.165, 1.54) is 6.42 Å². The average Bonchev–Trinajstić information content (AvgIpc) is 2.15. The van der Waals surface area contributed by atoms with Gasteiger partial charge in [-0.3, -0.25) is 4.79 Å². The Balaban J connectivity index is 2.56. The van der Waals surface area contributed by atoms with Gasteiger partial charge in [0.25, 0.3) is 0 Å². The lowest BCUT2D eigenvalue weighted by Gasteiger charge is -2.36. The smallest absolute Gasteiger partial charge is 0.223 e. The Kier molecular flexibility index (Phi) is 4.45. The molecule has 0 spiro atoms. The van der Waals surface area contributed by atoms with E-state index in [0.29, 0.717) is 12.3 Å². The van der Waals surface area contributed by atoms with Gasteiger partial charge in [0, 0.05) is 24.9 Å². The lowest BCUT2D eigenvalue weighted by Crippen LogP contribution is -2.45. The van der Waals surface area contributed by atoms with E-state index in [1.807, 2.05) is 4.90 Å². The van der Waals surface area contributed by atoms with Gasteiger partial charge >= 0.3 is 0 Å². The van der Waals surface area contributed by atoms with Crippen molar-refractivity contribution >= 4 is 17.5 Å². The minimum atomic E-state index is 0.0748. The lowest BCUT2D eigenvalue weighted by molar-refractivity contribution is -0.136. The zero-order chi connectivity index (χ0) is 11.5. The second-order valence-corrected chi connectivity index (χ2v) is 5.94. The normalized spacial score (nSPS) is 22.9. The minimum absolute atomic E-state index is 0.0748. The summed E-state index contributed by atoms with van der Waals surface area (Å²) < 4.78 is 0. The first-order valence-electron chi connectivity index (χ1n) is 5.79. The maximum Gasteiger partial charge on any atom is 0.223 e. The Bertz CT molecular complexity index is 222. The van der Waals surface area contributed by atoms with Crippen LogP contribution in [0.25, 0.3) is 0 Å². The van der Waals surface area contributed by atoms with E-state index in [0.717, 1.165) is 19.4 Å². The van der Waals surface area contributed by atoms with E-state index in [4.69, 9.17) is 11.6 Å². The standard InChI is InChI=1S/C12H22ClNO/c1-12(2,3)8-11(15)14-7-5-4-6-10(14)9-13/h10H,4-9H2,1-3H3. The van der Waals surface area contributed by atoms with Crippen molar-refractivity contribution in [1.82, 2.24) is 4.90 Å². The van der Waals surface area contributed by atoms with Crippen molar-refractivity contribution in [2.75, 3.05) is 12.4 Å². The highest BCUT2D eigenvalue weighted by atomic mass is 35.5. The van der Waals surface area contributed by atoms with Crippen molar-refractivity contribution in [3.63, 3.8) is 0 Å². The van der Waals surface area contributed by atoms with Crippen LogP contribution in [0.5, 0.6) is 0 Å². The Morgan fingerprint density at radius 2 is 2.07 bits per heavy atom. The maximum atomic E-state index is 12.1. The summed E-state index contributed by atoms with van der Waals surface area (Å²) in [4.78, 5) is 14.0. The summed E-state index contributed by atoms with van der Waals surface area (Å²) in [6.07, 6.45) is 4.03. The Morgan fingerprint density at radius 1 is 1.40 bits per heavy atom. The largest absolute Gasteiger partial charge is 0.339 e. The average molecular weight is 232 g/mol. The second kappa shape index (κ2) is 5.20. The Hall–Kier alpha value is -0.240.